The van der Waals surface area contributed by atoms with Crippen LogP contribution in [0.4, 0.5) is 0 Å². The molecular formula is C15H29NO4S. The minimum absolute atomic E-state index is 0.0598. The van der Waals surface area contributed by atoms with Gasteiger partial charge in [-0.05, 0) is 31.8 Å². The van der Waals surface area contributed by atoms with E-state index >= 15 is 0 Å². The molecule has 0 saturated carbocycles. The van der Waals surface area contributed by atoms with Crippen LogP contribution in [-0.2, 0) is 14.9 Å². The molecule has 5 nitrogen and oxygen atoms in total. The summed E-state index contributed by atoms with van der Waals surface area (Å²) in [5.74, 6) is -0.307. The maximum atomic E-state index is 11.7. The van der Waals surface area contributed by atoms with Gasteiger partial charge in [0.1, 0.15) is 0 Å². The van der Waals surface area contributed by atoms with Crippen LogP contribution in [0, 0.1) is 0 Å². The van der Waals surface area contributed by atoms with Gasteiger partial charge in [-0.3, -0.25) is 9.35 Å². The fourth-order valence-corrected chi connectivity index (χ4v) is 2.49. The average molecular weight is 319 g/mol. The number of likely N-dealkylation sites (N-methyl/N-ethyl adjacent to an activating group) is 1. The van der Waals surface area contributed by atoms with Crippen LogP contribution in [0.1, 0.15) is 58.3 Å². The molecule has 0 unspecified atom stereocenters. The summed E-state index contributed by atoms with van der Waals surface area (Å²) in [7, 11) is -2.19. The SMILES string of the molecule is CCCCCCC/C=C/C(=O)N(C)CCCCS(=O)(=O)O. The van der Waals surface area contributed by atoms with Crippen molar-refractivity contribution >= 4 is 16.0 Å². The molecule has 0 atom stereocenters. The lowest BCUT2D eigenvalue weighted by Crippen LogP contribution is -2.26. The zero-order chi connectivity index (χ0) is 16.1. The van der Waals surface area contributed by atoms with Crippen LogP contribution in [0.3, 0.4) is 0 Å². The highest BCUT2D eigenvalue weighted by Gasteiger charge is 2.07. The van der Waals surface area contributed by atoms with E-state index in [4.69, 9.17) is 4.55 Å². The maximum Gasteiger partial charge on any atom is 0.264 e. The molecule has 0 aliphatic rings. The van der Waals surface area contributed by atoms with E-state index in [9.17, 15) is 13.2 Å². The third-order valence-corrected chi connectivity index (χ3v) is 4.06. The van der Waals surface area contributed by atoms with Crippen molar-refractivity contribution in [2.24, 2.45) is 0 Å². The van der Waals surface area contributed by atoms with Gasteiger partial charge >= 0.3 is 0 Å². The summed E-state index contributed by atoms with van der Waals surface area (Å²) in [5.41, 5.74) is 0. The quantitative estimate of drug-likeness (QED) is 0.341. The lowest BCUT2D eigenvalue weighted by atomic mass is 10.1. The molecular weight excluding hydrogens is 290 g/mol. The van der Waals surface area contributed by atoms with E-state index in [2.05, 4.69) is 6.92 Å². The first-order valence-corrected chi connectivity index (χ1v) is 9.34. The van der Waals surface area contributed by atoms with Crippen molar-refractivity contribution in [1.29, 1.82) is 0 Å². The number of carbonyl (C=O) groups excluding carboxylic acids is 1. The van der Waals surface area contributed by atoms with Gasteiger partial charge in [-0.1, -0.05) is 38.7 Å². The van der Waals surface area contributed by atoms with Gasteiger partial charge in [-0.25, -0.2) is 0 Å². The number of nitrogens with zero attached hydrogens (tertiary/aromatic N) is 1. The zero-order valence-electron chi connectivity index (χ0n) is 13.3. The zero-order valence-corrected chi connectivity index (χ0v) is 14.1. The molecule has 0 heterocycles. The van der Waals surface area contributed by atoms with Crippen LogP contribution in [0.2, 0.25) is 0 Å². The van der Waals surface area contributed by atoms with Gasteiger partial charge in [0.15, 0.2) is 0 Å². The molecule has 6 heteroatoms. The molecule has 0 aromatic heterocycles. The molecule has 0 aromatic carbocycles. The van der Waals surface area contributed by atoms with Gasteiger partial charge in [-0.15, -0.1) is 0 Å². The smallest absolute Gasteiger partial charge is 0.264 e. The second kappa shape index (κ2) is 11.7. The van der Waals surface area contributed by atoms with Crippen LogP contribution in [0.15, 0.2) is 12.2 Å². The largest absolute Gasteiger partial charge is 0.342 e. The average Bonchev–Trinajstić information content (AvgIpc) is 2.41. The van der Waals surface area contributed by atoms with Crippen LogP contribution in [-0.4, -0.2) is 43.1 Å². The van der Waals surface area contributed by atoms with E-state index in [0.29, 0.717) is 19.4 Å². The standard InChI is InChI=1S/C15H29NO4S/c1-3-4-5-6-7-8-9-12-15(17)16(2)13-10-11-14-21(18,19)20/h9,12H,3-8,10-11,13-14H2,1-2H3,(H,18,19,20)/b12-9+. The lowest BCUT2D eigenvalue weighted by Gasteiger charge is -2.14. The third kappa shape index (κ3) is 13.8. The highest BCUT2D eigenvalue weighted by molar-refractivity contribution is 7.85. The molecule has 0 aliphatic carbocycles. The molecule has 1 amide bonds. The third-order valence-electron chi connectivity index (χ3n) is 3.26. The van der Waals surface area contributed by atoms with E-state index in [1.807, 2.05) is 6.08 Å². The number of hydrogen-bond acceptors (Lipinski definition) is 3. The Morgan fingerprint density at radius 3 is 2.38 bits per heavy atom. The summed E-state index contributed by atoms with van der Waals surface area (Å²) in [6, 6.07) is 0. The Hall–Kier alpha value is -0.880. The summed E-state index contributed by atoms with van der Waals surface area (Å²) in [6.45, 7) is 2.68. The predicted molar refractivity (Wildman–Crippen MR) is 85.8 cm³/mol. The molecule has 0 rings (SSSR count). The predicted octanol–water partition coefficient (Wildman–Crippen LogP) is 3.03. The Bertz CT molecular complexity index is 404. The van der Waals surface area contributed by atoms with Crippen molar-refractivity contribution in [2.75, 3.05) is 19.3 Å². The molecule has 0 spiro atoms. The molecule has 0 aliphatic heterocycles. The number of rotatable bonds is 12. The topological polar surface area (TPSA) is 74.7 Å². The highest BCUT2D eigenvalue weighted by Crippen LogP contribution is 2.05. The van der Waals surface area contributed by atoms with Crippen LogP contribution >= 0.6 is 0 Å². The highest BCUT2D eigenvalue weighted by atomic mass is 32.2. The summed E-state index contributed by atoms with van der Waals surface area (Å²) in [6.07, 6.45) is 11.4. The van der Waals surface area contributed by atoms with Gasteiger partial charge < -0.3 is 4.90 Å². The van der Waals surface area contributed by atoms with E-state index in [0.717, 1.165) is 12.8 Å². The fourth-order valence-electron chi connectivity index (χ4n) is 1.92. The van der Waals surface area contributed by atoms with E-state index in [1.165, 1.54) is 25.7 Å². The number of amides is 1. The van der Waals surface area contributed by atoms with Crippen LogP contribution < -0.4 is 0 Å². The normalized spacial score (nSPS) is 12.0. The minimum atomic E-state index is -3.89. The molecule has 0 radical (unpaired) electrons. The van der Waals surface area contributed by atoms with E-state index < -0.39 is 10.1 Å². The molecule has 1 N–H and O–H groups in total. The van der Waals surface area contributed by atoms with Crippen molar-refractivity contribution in [3.05, 3.63) is 12.2 Å². The molecule has 0 saturated heterocycles. The van der Waals surface area contributed by atoms with Crippen molar-refractivity contribution in [1.82, 2.24) is 4.90 Å². The van der Waals surface area contributed by atoms with Gasteiger partial charge in [-0.2, -0.15) is 8.42 Å². The number of unbranched alkanes of at least 4 members (excludes halogenated alkanes) is 6. The first-order valence-electron chi connectivity index (χ1n) is 7.73. The molecule has 0 bridgehead atoms. The summed E-state index contributed by atoms with van der Waals surface area (Å²) in [5, 5.41) is 0. The molecule has 0 fully saturated rings. The van der Waals surface area contributed by atoms with Gasteiger partial charge in [0, 0.05) is 13.6 Å². The molecule has 0 aromatic rings. The Balaban J connectivity index is 3.69. The lowest BCUT2D eigenvalue weighted by molar-refractivity contribution is -0.124. The number of hydrogen-bond donors (Lipinski definition) is 1. The van der Waals surface area contributed by atoms with Gasteiger partial charge in [0.25, 0.3) is 10.1 Å². The Labute approximate surface area is 129 Å². The molecule has 21 heavy (non-hydrogen) atoms. The monoisotopic (exact) mass is 319 g/mol. The Kier molecular flexibility index (Phi) is 11.3. The first-order chi connectivity index (χ1) is 9.87. The molecule has 124 valence electrons. The summed E-state index contributed by atoms with van der Waals surface area (Å²) >= 11 is 0. The summed E-state index contributed by atoms with van der Waals surface area (Å²) < 4.78 is 29.7. The van der Waals surface area contributed by atoms with E-state index in [-0.39, 0.29) is 11.7 Å². The summed E-state index contributed by atoms with van der Waals surface area (Å²) in [4.78, 5) is 13.3. The van der Waals surface area contributed by atoms with Crippen LogP contribution in [0.25, 0.3) is 0 Å². The number of allylic oxidation sites excluding steroid dienone is 1. The Morgan fingerprint density at radius 1 is 1.10 bits per heavy atom. The van der Waals surface area contributed by atoms with Crippen molar-refractivity contribution in [3.8, 4) is 0 Å². The first kappa shape index (κ1) is 20.1. The van der Waals surface area contributed by atoms with Gasteiger partial charge in [0.05, 0.1) is 5.75 Å². The Morgan fingerprint density at radius 2 is 1.76 bits per heavy atom. The van der Waals surface area contributed by atoms with Crippen LogP contribution in [0.5, 0.6) is 0 Å². The van der Waals surface area contributed by atoms with E-state index in [1.54, 1.807) is 18.0 Å². The number of carbonyl (C=O) groups is 1. The van der Waals surface area contributed by atoms with Crippen molar-refractivity contribution in [2.45, 2.75) is 58.3 Å². The maximum absolute atomic E-state index is 11.7. The van der Waals surface area contributed by atoms with Gasteiger partial charge in [0.2, 0.25) is 5.91 Å². The van der Waals surface area contributed by atoms with Crippen molar-refractivity contribution < 1.29 is 17.8 Å². The second-order valence-corrected chi connectivity index (χ2v) is 6.93. The minimum Gasteiger partial charge on any atom is -0.342 e. The van der Waals surface area contributed by atoms with Crippen molar-refractivity contribution in [3.63, 3.8) is 0 Å². The fraction of sp³-hybridized carbons (Fsp3) is 0.800. The second-order valence-electron chi connectivity index (χ2n) is 5.36.